The van der Waals surface area contributed by atoms with Crippen molar-refractivity contribution in [3.05, 3.63) is 65.0 Å². The molecule has 7 heteroatoms. The summed E-state index contributed by atoms with van der Waals surface area (Å²) in [4.78, 5) is 37.6. The van der Waals surface area contributed by atoms with Gasteiger partial charge in [0, 0.05) is 24.1 Å². The molecule has 28 heavy (non-hydrogen) atoms. The highest BCUT2D eigenvalue weighted by atomic mass is 16.5. The van der Waals surface area contributed by atoms with Gasteiger partial charge in [0.05, 0.1) is 12.1 Å². The molecule has 0 fully saturated rings. The SMILES string of the molecule is CC1Oc2ccccc2N(CCC(=O)Oc2ccc3ccc(=O)oc3c2)C1=O. The average Bonchev–Trinajstić information content (AvgIpc) is 2.68. The molecule has 1 atom stereocenters. The molecule has 0 saturated heterocycles. The molecule has 0 saturated carbocycles. The lowest BCUT2D eigenvalue weighted by atomic mass is 10.2. The number of anilines is 1. The number of fused-ring (bicyclic) bond motifs is 2. The molecule has 2 aromatic carbocycles. The maximum atomic E-state index is 12.4. The molecule has 0 bridgehead atoms. The minimum Gasteiger partial charge on any atom is -0.479 e. The molecule has 7 nitrogen and oxygen atoms in total. The zero-order valence-electron chi connectivity index (χ0n) is 15.1. The fourth-order valence-electron chi connectivity index (χ4n) is 3.08. The molecule has 0 spiro atoms. The first-order valence-corrected chi connectivity index (χ1v) is 8.83. The topological polar surface area (TPSA) is 86.0 Å². The second-order valence-corrected chi connectivity index (χ2v) is 6.40. The van der Waals surface area contributed by atoms with E-state index in [0.29, 0.717) is 17.0 Å². The molecule has 2 heterocycles. The zero-order valence-corrected chi connectivity index (χ0v) is 15.1. The summed E-state index contributed by atoms with van der Waals surface area (Å²) < 4.78 is 16.0. The molecule has 1 amide bonds. The van der Waals surface area contributed by atoms with E-state index in [1.165, 1.54) is 17.0 Å². The summed E-state index contributed by atoms with van der Waals surface area (Å²) in [6, 6.07) is 15.0. The summed E-state index contributed by atoms with van der Waals surface area (Å²) in [6.45, 7) is 1.84. The molecule has 1 unspecified atom stereocenters. The van der Waals surface area contributed by atoms with E-state index < -0.39 is 17.7 Å². The first kappa shape index (κ1) is 17.8. The van der Waals surface area contributed by atoms with Crippen LogP contribution in [-0.2, 0) is 9.59 Å². The van der Waals surface area contributed by atoms with Gasteiger partial charge in [-0.05, 0) is 37.3 Å². The van der Waals surface area contributed by atoms with E-state index in [4.69, 9.17) is 13.9 Å². The van der Waals surface area contributed by atoms with Crippen LogP contribution < -0.4 is 20.0 Å². The Hall–Kier alpha value is -3.61. The van der Waals surface area contributed by atoms with Gasteiger partial charge in [0.15, 0.2) is 6.10 Å². The first-order chi connectivity index (χ1) is 13.5. The highest BCUT2D eigenvalue weighted by Gasteiger charge is 2.31. The maximum absolute atomic E-state index is 12.4. The molecule has 3 aromatic rings. The normalized spacial score (nSPS) is 15.8. The molecule has 1 aliphatic heterocycles. The summed E-state index contributed by atoms with van der Waals surface area (Å²) in [5.41, 5.74) is 0.490. The quantitative estimate of drug-likeness (QED) is 0.394. The predicted molar refractivity (Wildman–Crippen MR) is 102 cm³/mol. The Bertz CT molecular complexity index is 1120. The first-order valence-electron chi connectivity index (χ1n) is 8.83. The van der Waals surface area contributed by atoms with E-state index in [2.05, 4.69) is 0 Å². The van der Waals surface area contributed by atoms with Crippen LogP contribution in [0.2, 0.25) is 0 Å². The van der Waals surface area contributed by atoms with Gasteiger partial charge in [-0.2, -0.15) is 0 Å². The van der Waals surface area contributed by atoms with Crippen molar-refractivity contribution in [2.75, 3.05) is 11.4 Å². The van der Waals surface area contributed by atoms with Gasteiger partial charge in [0.1, 0.15) is 17.1 Å². The number of hydrogen-bond donors (Lipinski definition) is 0. The van der Waals surface area contributed by atoms with Crippen molar-refractivity contribution in [2.24, 2.45) is 0 Å². The minimum absolute atomic E-state index is 0.00354. The third-order valence-electron chi connectivity index (χ3n) is 4.44. The van der Waals surface area contributed by atoms with Gasteiger partial charge in [0.25, 0.3) is 5.91 Å². The number of carbonyl (C=O) groups excluding carboxylic acids is 2. The monoisotopic (exact) mass is 379 g/mol. The van der Waals surface area contributed by atoms with E-state index in [9.17, 15) is 14.4 Å². The summed E-state index contributed by atoms with van der Waals surface area (Å²) in [5.74, 6) is 0.169. The van der Waals surface area contributed by atoms with E-state index >= 15 is 0 Å². The van der Waals surface area contributed by atoms with E-state index in [-0.39, 0.29) is 24.6 Å². The lowest BCUT2D eigenvalue weighted by Crippen LogP contribution is -2.45. The van der Waals surface area contributed by atoms with Crippen LogP contribution in [0.1, 0.15) is 13.3 Å². The summed E-state index contributed by atoms with van der Waals surface area (Å²) in [6.07, 6.45) is -0.613. The molecule has 0 N–H and O–H groups in total. The van der Waals surface area contributed by atoms with Gasteiger partial charge in [-0.25, -0.2) is 4.79 Å². The largest absolute Gasteiger partial charge is 0.479 e. The predicted octanol–water partition coefficient (Wildman–Crippen LogP) is 2.90. The van der Waals surface area contributed by atoms with Crippen molar-refractivity contribution in [3.8, 4) is 11.5 Å². The van der Waals surface area contributed by atoms with Crippen LogP contribution >= 0.6 is 0 Å². The van der Waals surface area contributed by atoms with Crippen LogP contribution in [0.3, 0.4) is 0 Å². The molecular formula is C21H17NO6. The molecule has 0 radical (unpaired) electrons. The number of benzene rings is 2. The molecule has 142 valence electrons. The van der Waals surface area contributed by atoms with Crippen LogP contribution in [0, 0.1) is 0 Å². The Kier molecular flexibility index (Phi) is 4.57. The maximum Gasteiger partial charge on any atom is 0.336 e. The minimum atomic E-state index is -0.616. The van der Waals surface area contributed by atoms with Gasteiger partial charge in [-0.1, -0.05) is 12.1 Å². The zero-order chi connectivity index (χ0) is 19.7. The Labute approximate surface area is 160 Å². The van der Waals surface area contributed by atoms with Crippen LogP contribution in [0.15, 0.2) is 63.8 Å². The summed E-state index contributed by atoms with van der Waals surface area (Å²) in [5, 5.41) is 0.726. The van der Waals surface area contributed by atoms with Crippen molar-refractivity contribution in [1.82, 2.24) is 0 Å². The van der Waals surface area contributed by atoms with Crippen LogP contribution in [0.5, 0.6) is 11.5 Å². The fourth-order valence-corrected chi connectivity index (χ4v) is 3.08. The summed E-state index contributed by atoms with van der Waals surface area (Å²) >= 11 is 0. The number of rotatable bonds is 4. The third kappa shape index (κ3) is 3.46. The van der Waals surface area contributed by atoms with Gasteiger partial charge in [0.2, 0.25) is 0 Å². The Morgan fingerprint density at radius 2 is 1.89 bits per heavy atom. The Balaban J connectivity index is 1.46. The number of para-hydroxylation sites is 2. The Morgan fingerprint density at radius 1 is 1.11 bits per heavy atom. The van der Waals surface area contributed by atoms with Gasteiger partial charge < -0.3 is 18.8 Å². The van der Waals surface area contributed by atoms with Crippen LogP contribution in [-0.4, -0.2) is 24.5 Å². The number of nitrogens with zero attached hydrogens (tertiary/aromatic N) is 1. The number of hydrogen-bond acceptors (Lipinski definition) is 6. The second kappa shape index (κ2) is 7.19. The lowest BCUT2D eigenvalue weighted by molar-refractivity contribution is -0.134. The van der Waals surface area contributed by atoms with E-state index in [1.54, 1.807) is 43.3 Å². The van der Waals surface area contributed by atoms with Crippen molar-refractivity contribution >= 4 is 28.5 Å². The highest BCUT2D eigenvalue weighted by molar-refractivity contribution is 6.00. The van der Waals surface area contributed by atoms with Crippen LogP contribution in [0.25, 0.3) is 11.0 Å². The van der Waals surface area contributed by atoms with Crippen molar-refractivity contribution < 1.29 is 23.5 Å². The standard InChI is InChI=1S/C21H17NO6/c1-13-21(25)22(16-4-2-3-5-17(16)26-13)11-10-20(24)27-15-8-6-14-7-9-19(23)28-18(14)12-15/h2-9,12-13H,10-11H2,1H3. The number of esters is 1. The molecule has 4 rings (SSSR count). The number of amides is 1. The molecule has 1 aliphatic rings. The van der Waals surface area contributed by atoms with Crippen molar-refractivity contribution in [3.63, 3.8) is 0 Å². The molecular weight excluding hydrogens is 362 g/mol. The smallest absolute Gasteiger partial charge is 0.336 e. The van der Waals surface area contributed by atoms with Gasteiger partial charge >= 0.3 is 11.6 Å². The Morgan fingerprint density at radius 3 is 2.75 bits per heavy atom. The third-order valence-corrected chi connectivity index (χ3v) is 4.44. The number of carbonyl (C=O) groups is 2. The van der Waals surface area contributed by atoms with Gasteiger partial charge in [-0.3, -0.25) is 9.59 Å². The fraction of sp³-hybridized carbons (Fsp3) is 0.190. The molecule has 1 aromatic heterocycles. The molecule has 0 aliphatic carbocycles. The second-order valence-electron chi connectivity index (χ2n) is 6.40. The highest BCUT2D eigenvalue weighted by Crippen LogP contribution is 2.33. The van der Waals surface area contributed by atoms with E-state index in [0.717, 1.165) is 5.39 Å². The van der Waals surface area contributed by atoms with Crippen molar-refractivity contribution in [2.45, 2.75) is 19.4 Å². The van der Waals surface area contributed by atoms with Crippen LogP contribution in [0.4, 0.5) is 5.69 Å². The van der Waals surface area contributed by atoms with Crippen molar-refractivity contribution in [1.29, 1.82) is 0 Å². The number of ether oxygens (including phenoxy) is 2. The van der Waals surface area contributed by atoms with E-state index in [1.807, 2.05) is 6.07 Å². The average molecular weight is 379 g/mol. The van der Waals surface area contributed by atoms with Gasteiger partial charge in [-0.15, -0.1) is 0 Å². The lowest BCUT2D eigenvalue weighted by Gasteiger charge is -2.32. The summed E-state index contributed by atoms with van der Waals surface area (Å²) in [7, 11) is 0.